The number of nitrogens with one attached hydrogen (secondary N) is 1. The predicted molar refractivity (Wildman–Crippen MR) is 233 cm³/mol. The summed E-state index contributed by atoms with van der Waals surface area (Å²) in [6, 6.07) is -1.26. The Morgan fingerprint density at radius 1 is 0.593 bits per heavy atom. The summed E-state index contributed by atoms with van der Waals surface area (Å²) in [6.07, 6.45) is 25.6. The van der Waals surface area contributed by atoms with Crippen LogP contribution in [0.4, 0.5) is 0 Å². The lowest BCUT2D eigenvalue weighted by Gasteiger charge is -2.41. The first-order valence-corrected chi connectivity index (χ1v) is 24.5. The second-order valence-corrected chi connectivity index (χ2v) is 17.8. The SMILES string of the molecule is CCCC/C=C\CCCCC(O)CC(=O)NC(COP(=O)(O)OC1C(O)C(O)C(O)C(O)C1O)C(O)/C=C/CC/C=C/CCCCCCCCCCCCCCCCC. The highest BCUT2D eigenvalue weighted by molar-refractivity contribution is 7.47. The van der Waals surface area contributed by atoms with E-state index in [9.17, 15) is 50.0 Å². The van der Waals surface area contributed by atoms with Crippen molar-refractivity contribution in [2.75, 3.05) is 6.61 Å². The van der Waals surface area contributed by atoms with Gasteiger partial charge in [-0.3, -0.25) is 13.8 Å². The van der Waals surface area contributed by atoms with Crippen LogP contribution in [0.25, 0.3) is 0 Å². The molecule has 0 aromatic heterocycles. The van der Waals surface area contributed by atoms with Crippen molar-refractivity contribution in [3.63, 3.8) is 0 Å². The number of hydrogen-bond donors (Lipinski definition) is 9. The van der Waals surface area contributed by atoms with Gasteiger partial charge in [-0.1, -0.05) is 159 Å². The second-order valence-electron chi connectivity index (χ2n) is 16.4. The first-order valence-electron chi connectivity index (χ1n) is 23.0. The minimum absolute atomic E-state index is 0.269. The van der Waals surface area contributed by atoms with Gasteiger partial charge < -0.3 is 46.0 Å². The van der Waals surface area contributed by atoms with Gasteiger partial charge in [-0.25, -0.2) is 4.57 Å². The van der Waals surface area contributed by atoms with Gasteiger partial charge in [0.25, 0.3) is 0 Å². The number of unbranched alkanes of at least 4 members (excludes halogenated alkanes) is 20. The largest absolute Gasteiger partial charge is 0.472 e. The maximum atomic E-state index is 12.9. The van der Waals surface area contributed by atoms with E-state index in [1.807, 2.05) is 0 Å². The fourth-order valence-corrected chi connectivity index (χ4v) is 8.09. The highest BCUT2D eigenvalue weighted by atomic mass is 31.2. The van der Waals surface area contributed by atoms with Crippen LogP contribution in [0.3, 0.4) is 0 Å². The number of aliphatic hydroxyl groups is 7. The fourth-order valence-electron chi connectivity index (χ4n) is 7.12. The summed E-state index contributed by atoms with van der Waals surface area (Å²) in [5, 5.41) is 74.2. The molecule has 0 heterocycles. The molecule has 0 aromatic rings. The van der Waals surface area contributed by atoms with Gasteiger partial charge in [-0.15, -0.1) is 0 Å². The molecule has 14 heteroatoms. The van der Waals surface area contributed by atoms with Crippen molar-refractivity contribution in [3.05, 3.63) is 36.5 Å². The molecule has 0 bridgehead atoms. The number of carbonyl (C=O) groups excluding carboxylic acids is 1. The summed E-state index contributed by atoms with van der Waals surface area (Å²) in [5.41, 5.74) is 0. The Kier molecular flexibility index (Phi) is 33.0. The number of phosphoric acid groups is 1. The molecule has 9 N–H and O–H groups in total. The van der Waals surface area contributed by atoms with Crippen molar-refractivity contribution >= 4 is 13.7 Å². The molecule has 0 saturated heterocycles. The van der Waals surface area contributed by atoms with Gasteiger partial charge in [-0.2, -0.15) is 0 Å². The summed E-state index contributed by atoms with van der Waals surface area (Å²) in [6.45, 7) is 3.65. The monoisotopic (exact) mass is 862 g/mol. The molecule has 1 saturated carbocycles. The molecule has 1 amide bonds. The summed E-state index contributed by atoms with van der Waals surface area (Å²) in [5.74, 6) is -0.619. The lowest BCUT2D eigenvalue weighted by molar-refractivity contribution is -0.220. The Bertz CT molecular complexity index is 1160. The molecule has 8 unspecified atom stereocenters. The molecule has 0 aliphatic heterocycles. The highest BCUT2D eigenvalue weighted by Gasteiger charge is 2.51. The van der Waals surface area contributed by atoms with Gasteiger partial charge in [0.05, 0.1) is 31.3 Å². The number of carbonyl (C=O) groups is 1. The number of amides is 1. The number of hydrogen-bond acceptors (Lipinski definition) is 11. The minimum Gasteiger partial charge on any atom is -0.393 e. The van der Waals surface area contributed by atoms with Crippen LogP contribution in [-0.4, -0.2) is 108 Å². The number of phosphoric ester groups is 1. The zero-order chi connectivity index (χ0) is 43.7. The van der Waals surface area contributed by atoms with Crippen LogP contribution in [0.5, 0.6) is 0 Å². The molecule has 8 atom stereocenters. The molecule has 0 radical (unpaired) electrons. The maximum Gasteiger partial charge on any atom is 0.472 e. The average molecular weight is 862 g/mol. The molecule has 1 fully saturated rings. The molecule has 1 rings (SSSR count). The topological polar surface area (TPSA) is 226 Å². The lowest BCUT2D eigenvalue weighted by Crippen LogP contribution is -2.64. The van der Waals surface area contributed by atoms with Gasteiger partial charge >= 0.3 is 7.82 Å². The van der Waals surface area contributed by atoms with E-state index in [-0.39, 0.29) is 6.42 Å². The molecule has 1 aliphatic rings. The van der Waals surface area contributed by atoms with Crippen molar-refractivity contribution < 1.29 is 59.0 Å². The van der Waals surface area contributed by atoms with E-state index < -0.39 is 75.2 Å². The summed E-state index contributed by atoms with van der Waals surface area (Å²) >= 11 is 0. The summed E-state index contributed by atoms with van der Waals surface area (Å²) in [7, 11) is -5.15. The smallest absolute Gasteiger partial charge is 0.393 e. The molecule has 59 heavy (non-hydrogen) atoms. The molecule has 0 aromatic carbocycles. The Hall–Kier alpha value is -1.48. The Labute approximate surface area is 356 Å². The first-order chi connectivity index (χ1) is 28.3. The van der Waals surface area contributed by atoms with E-state index >= 15 is 0 Å². The molecule has 346 valence electrons. The quantitative estimate of drug-likeness (QED) is 0.0170. The van der Waals surface area contributed by atoms with Crippen molar-refractivity contribution in [2.45, 2.75) is 236 Å². The summed E-state index contributed by atoms with van der Waals surface area (Å²) in [4.78, 5) is 23.3. The van der Waals surface area contributed by atoms with E-state index in [0.29, 0.717) is 19.3 Å². The third-order valence-electron chi connectivity index (χ3n) is 10.9. The van der Waals surface area contributed by atoms with Crippen LogP contribution in [0, 0.1) is 0 Å². The van der Waals surface area contributed by atoms with E-state index in [1.165, 1.54) is 96.0 Å². The standard InChI is InChI=1S/C45H84NO12P/c1-3-5-7-9-11-13-14-15-16-17-18-19-20-21-22-23-24-25-27-29-31-33-38(48)37(46-39(49)34-36(47)32-30-28-26-12-10-8-6-4-2)35-57-59(55,56)58-45-43(53)41(51)40(50)42(52)44(45)54/h10,12,24-25,31,33,36-38,40-45,47-48,50-54H,3-9,11,13-23,26-30,32,34-35H2,1-2H3,(H,46,49)(H,55,56)/b12-10-,25-24+,33-31+. The van der Waals surface area contributed by atoms with Crippen molar-refractivity contribution in [1.82, 2.24) is 5.32 Å². The van der Waals surface area contributed by atoms with Crippen LogP contribution in [0.2, 0.25) is 0 Å². The first kappa shape index (κ1) is 55.5. The molecular weight excluding hydrogens is 777 g/mol. The molecule has 13 nitrogen and oxygen atoms in total. The van der Waals surface area contributed by atoms with Crippen LogP contribution < -0.4 is 5.32 Å². The average Bonchev–Trinajstić information content (AvgIpc) is 3.21. The second kappa shape index (κ2) is 35.0. The zero-order valence-corrected chi connectivity index (χ0v) is 37.3. The normalized spacial score (nSPS) is 23.9. The van der Waals surface area contributed by atoms with E-state index in [1.54, 1.807) is 6.08 Å². The Morgan fingerprint density at radius 3 is 1.54 bits per heavy atom. The molecule has 1 aliphatic carbocycles. The van der Waals surface area contributed by atoms with Crippen molar-refractivity contribution in [2.24, 2.45) is 0 Å². The zero-order valence-electron chi connectivity index (χ0n) is 36.4. The van der Waals surface area contributed by atoms with Gasteiger partial charge in [0.2, 0.25) is 5.91 Å². The van der Waals surface area contributed by atoms with Gasteiger partial charge in [0, 0.05) is 0 Å². The third kappa shape index (κ3) is 27.2. The van der Waals surface area contributed by atoms with Crippen molar-refractivity contribution in [1.29, 1.82) is 0 Å². The Morgan fingerprint density at radius 2 is 1.02 bits per heavy atom. The van der Waals surface area contributed by atoms with E-state index in [4.69, 9.17) is 9.05 Å². The number of aliphatic hydroxyl groups excluding tert-OH is 7. The van der Waals surface area contributed by atoms with Crippen molar-refractivity contribution in [3.8, 4) is 0 Å². The lowest BCUT2D eigenvalue weighted by atomic mass is 9.85. The van der Waals surface area contributed by atoms with Crippen LogP contribution in [0.1, 0.15) is 181 Å². The van der Waals surface area contributed by atoms with Gasteiger partial charge in [0.1, 0.15) is 36.6 Å². The molecule has 0 spiro atoms. The third-order valence-corrected chi connectivity index (χ3v) is 11.9. The van der Waals surface area contributed by atoms with E-state index in [2.05, 4.69) is 43.5 Å². The van der Waals surface area contributed by atoms with Crippen LogP contribution in [-0.2, 0) is 18.4 Å². The molecular formula is C45H84NO12P. The summed E-state index contributed by atoms with van der Waals surface area (Å²) < 4.78 is 22.8. The Balaban J connectivity index is 2.54. The minimum atomic E-state index is -5.15. The van der Waals surface area contributed by atoms with Crippen LogP contribution in [0.15, 0.2) is 36.5 Å². The van der Waals surface area contributed by atoms with E-state index in [0.717, 1.165) is 51.4 Å². The highest BCUT2D eigenvalue weighted by Crippen LogP contribution is 2.47. The number of rotatable bonds is 37. The number of allylic oxidation sites excluding steroid dienone is 5. The van der Waals surface area contributed by atoms with Gasteiger partial charge in [0.15, 0.2) is 0 Å². The maximum absolute atomic E-state index is 12.9. The predicted octanol–water partition coefficient (Wildman–Crippen LogP) is 7.36. The van der Waals surface area contributed by atoms with Crippen LogP contribution >= 0.6 is 7.82 Å². The fraction of sp³-hybridized carbons (Fsp3) is 0.844. The van der Waals surface area contributed by atoms with Gasteiger partial charge in [-0.05, 0) is 51.4 Å².